The Morgan fingerprint density at radius 2 is 0.833 bits per heavy atom. The van der Waals surface area contributed by atoms with Crippen LogP contribution >= 0.6 is 0 Å². The molecule has 0 fully saturated rings. The summed E-state index contributed by atoms with van der Waals surface area (Å²) in [5, 5.41) is 0. The van der Waals surface area contributed by atoms with E-state index in [1.165, 1.54) is 0 Å². The van der Waals surface area contributed by atoms with Crippen LogP contribution in [0.5, 0.6) is 0 Å². The normalized spacial score (nSPS) is 12.7. The van der Waals surface area contributed by atoms with Crippen LogP contribution in [0.15, 0.2) is 0 Å². The van der Waals surface area contributed by atoms with Gasteiger partial charge >= 0.3 is 36.8 Å². The maximum absolute atomic E-state index is 2.35. The Hall–Kier alpha value is 0.583. The van der Waals surface area contributed by atoms with Crippen LogP contribution in [-0.4, -0.2) is 0 Å². The first-order valence-electron chi connectivity index (χ1n) is 1.33. The standard InChI is InChI=1S/4CH3.H3N.Rh/h5*1H3;. The molecule has 0 atom stereocenters. The molecule has 1 nitrogen and oxygen atoms in total. The van der Waals surface area contributed by atoms with Crippen LogP contribution in [-0.2, 0) is 14.8 Å². The molecule has 0 unspecified atom stereocenters. The molecule has 0 aromatic heterocycles. The average Bonchev–Trinajstić information content (AvgIpc) is 0.722. The zero-order valence-corrected chi connectivity index (χ0v) is 6.68. The molecule has 0 spiro atoms. The van der Waals surface area contributed by atoms with Crippen molar-refractivity contribution in [2.24, 2.45) is 0 Å². The van der Waals surface area contributed by atoms with Crippen molar-refractivity contribution in [2.45, 2.75) is 22.1 Å². The van der Waals surface area contributed by atoms with Gasteiger partial charge in [-0.3, -0.25) is 0 Å². The molecule has 45 valence electrons. The van der Waals surface area contributed by atoms with E-state index < -0.39 is 14.8 Å². The van der Waals surface area contributed by atoms with Crippen LogP contribution in [0, 0.1) is 0 Å². The third-order valence-electron chi connectivity index (χ3n) is 0. The summed E-state index contributed by atoms with van der Waals surface area (Å²) in [6.45, 7) is 0. The van der Waals surface area contributed by atoms with Gasteiger partial charge in [-0.05, 0) is 0 Å². The SMILES string of the molecule is N.[CH3][Rh]([CH3])([CH3])[CH3]. The Morgan fingerprint density at radius 1 is 0.833 bits per heavy atom. The Kier molecular flexibility index (Phi) is 4.41. The van der Waals surface area contributed by atoms with Gasteiger partial charge in [0.1, 0.15) is 0 Å². The molecule has 0 heterocycles. The van der Waals surface area contributed by atoms with Gasteiger partial charge in [-0.25, -0.2) is 0 Å². The van der Waals surface area contributed by atoms with E-state index in [4.69, 9.17) is 0 Å². The van der Waals surface area contributed by atoms with E-state index in [0.717, 1.165) is 0 Å². The number of hydrogen-bond donors (Lipinski definition) is 1. The van der Waals surface area contributed by atoms with Gasteiger partial charge in [-0.1, -0.05) is 0 Å². The first-order valence-corrected chi connectivity index (χ1v) is 7.89. The summed E-state index contributed by atoms with van der Waals surface area (Å²) in [4.78, 5) is 0. The van der Waals surface area contributed by atoms with Crippen LogP contribution in [0.25, 0.3) is 0 Å². The fourth-order valence-electron chi connectivity index (χ4n) is 0. The summed E-state index contributed by atoms with van der Waals surface area (Å²) in [5.74, 6) is 0. The Labute approximate surface area is 43.5 Å². The van der Waals surface area contributed by atoms with E-state index in [0.29, 0.717) is 0 Å². The second-order valence-electron chi connectivity index (χ2n) is 2.00. The minimum absolute atomic E-state index is 0. The molecule has 0 aliphatic carbocycles. The van der Waals surface area contributed by atoms with Crippen LogP contribution in [0.3, 0.4) is 0 Å². The Morgan fingerprint density at radius 3 is 0.833 bits per heavy atom. The van der Waals surface area contributed by atoms with Gasteiger partial charge in [-0.2, -0.15) is 0 Å². The van der Waals surface area contributed by atoms with Crippen molar-refractivity contribution in [3.8, 4) is 0 Å². The van der Waals surface area contributed by atoms with Gasteiger partial charge in [0.2, 0.25) is 0 Å². The van der Waals surface area contributed by atoms with Crippen LogP contribution in [0.2, 0.25) is 22.1 Å². The van der Waals surface area contributed by atoms with E-state index in [1.807, 2.05) is 0 Å². The molecular weight excluding hydrogens is 165 g/mol. The van der Waals surface area contributed by atoms with E-state index in [-0.39, 0.29) is 6.15 Å². The van der Waals surface area contributed by atoms with E-state index in [1.54, 1.807) is 0 Å². The van der Waals surface area contributed by atoms with E-state index in [9.17, 15) is 0 Å². The van der Waals surface area contributed by atoms with Crippen LogP contribution in [0.4, 0.5) is 0 Å². The van der Waals surface area contributed by atoms with Crippen molar-refractivity contribution in [2.75, 3.05) is 0 Å². The van der Waals surface area contributed by atoms with Gasteiger partial charge in [-0.15, -0.1) is 0 Å². The third kappa shape index (κ3) is 173. The molecule has 6 heavy (non-hydrogen) atoms. The molecule has 3 N–H and O–H groups in total. The molecule has 0 aliphatic heterocycles. The van der Waals surface area contributed by atoms with Crippen LogP contribution < -0.4 is 6.15 Å². The summed E-state index contributed by atoms with van der Waals surface area (Å²) in [5.41, 5.74) is 9.39. The number of hydrogen-bond acceptors (Lipinski definition) is 1. The molecule has 0 bridgehead atoms. The van der Waals surface area contributed by atoms with Gasteiger partial charge < -0.3 is 6.15 Å². The summed E-state index contributed by atoms with van der Waals surface area (Å²) < 4.78 is 0. The minimum atomic E-state index is -0.780. The predicted octanol–water partition coefficient (Wildman–Crippen LogP) is 2.49. The fourth-order valence-corrected chi connectivity index (χ4v) is 0. The van der Waals surface area contributed by atoms with Crippen molar-refractivity contribution < 1.29 is 14.8 Å². The summed E-state index contributed by atoms with van der Waals surface area (Å²) in [7, 11) is 0. The predicted molar refractivity (Wildman–Crippen MR) is 28.5 cm³/mol. The first kappa shape index (κ1) is 9.77. The van der Waals surface area contributed by atoms with Crippen molar-refractivity contribution in [3.63, 3.8) is 0 Å². The zero-order valence-electron chi connectivity index (χ0n) is 5.04. The molecule has 0 aliphatic rings. The van der Waals surface area contributed by atoms with Gasteiger partial charge in [0.25, 0.3) is 0 Å². The number of rotatable bonds is 0. The molecule has 0 rings (SSSR count). The third-order valence-corrected chi connectivity index (χ3v) is 0. The van der Waals surface area contributed by atoms with E-state index in [2.05, 4.69) is 22.1 Å². The summed E-state index contributed by atoms with van der Waals surface area (Å²) in [6.07, 6.45) is 0. The monoisotopic (exact) mass is 180 g/mol. The molecular formula is C4H15NRh. The molecule has 2 heteroatoms. The second-order valence-corrected chi connectivity index (χ2v) is 11.8. The maximum atomic E-state index is 2.35. The molecule has 0 aromatic rings. The first-order chi connectivity index (χ1) is 2.00. The quantitative estimate of drug-likeness (QED) is 0.571. The molecule has 0 saturated carbocycles. The van der Waals surface area contributed by atoms with Crippen molar-refractivity contribution in [1.82, 2.24) is 6.15 Å². The topological polar surface area (TPSA) is 35.0 Å². The van der Waals surface area contributed by atoms with Gasteiger partial charge in [0, 0.05) is 0 Å². The molecule has 0 aromatic carbocycles. The van der Waals surface area contributed by atoms with Crippen molar-refractivity contribution in [1.29, 1.82) is 0 Å². The summed E-state index contributed by atoms with van der Waals surface area (Å²) in [6, 6.07) is 0. The molecule has 0 amide bonds. The van der Waals surface area contributed by atoms with Crippen molar-refractivity contribution >= 4 is 0 Å². The zero-order chi connectivity index (χ0) is 4.50. The Balaban J connectivity index is 0. The molecule has 0 saturated heterocycles. The fraction of sp³-hybridized carbons (Fsp3) is 1.00. The van der Waals surface area contributed by atoms with Crippen molar-refractivity contribution in [3.05, 3.63) is 0 Å². The van der Waals surface area contributed by atoms with E-state index >= 15 is 0 Å². The van der Waals surface area contributed by atoms with Gasteiger partial charge in [0.05, 0.1) is 0 Å². The molecule has 0 radical (unpaired) electrons. The Bertz CT molecular complexity index is 23.0. The van der Waals surface area contributed by atoms with Gasteiger partial charge in [0.15, 0.2) is 0 Å². The second kappa shape index (κ2) is 2.71. The summed E-state index contributed by atoms with van der Waals surface area (Å²) >= 11 is -0.780. The average molecular weight is 180 g/mol. The van der Waals surface area contributed by atoms with Crippen LogP contribution in [0.1, 0.15) is 0 Å².